The number of nitriles is 1. The Morgan fingerprint density at radius 2 is 2.42 bits per heavy atom. The molecule has 12 heavy (non-hydrogen) atoms. The van der Waals surface area contributed by atoms with Crippen LogP contribution < -0.4 is 0 Å². The van der Waals surface area contributed by atoms with Gasteiger partial charge in [-0.15, -0.1) is 11.8 Å². The lowest BCUT2D eigenvalue weighted by atomic mass is 10.1. The number of rotatable bonds is 2. The number of thioether (sulfide) groups is 1. The van der Waals surface area contributed by atoms with E-state index in [1.54, 1.807) is 18.0 Å². The Labute approximate surface area is 76.6 Å². The number of nitrogens with zero attached hydrogens (tertiary/aromatic N) is 2. The molecule has 0 aliphatic rings. The van der Waals surface area contributed by atoms with Crippen LogP contribution in [0.2, 0.25) is 0 Å². The zero-order valence-corrected chi connectivity index (χ0v) is 7.93. The standard InChI is InChI=1S/C9H10N2S/c1-7(6-10)8-4-3-5-11-9(8)12-2/h3-5,7H,1-2H3. The molecule has 1 aromatic rings. The van der Waals surface area contributed by atoms with E-state index in [1.807, 2.05) is 25.3 Å². The lowest BCUT2D eigenvalue weighted by Crippen LogP contribution is -1.93. The second kappa shape index (κ2) is 4.13. The maximum Gasteiger partial charge on any atom is 0.100 e. The molecular weight excluding hydrogens is 168 g/mol. The maximum absolute atomic E-state index is 8.72. The fourth-order valence-corrected chi connectivity index (χ4v) is 1.62. The lowest BCUT2D eigenvalue weighted by Gasteiger charge is -2.06. The second-order valence-electron chi connectivity index (χ2n) is 2.45. The molecule has 0 bridgehead atoms. The highest BCUT2D eigenvalue weighted by Crippen LogP contribution is 2.23. The van der Waals surface area contributed by atoms with Crippen LogP contribution in [0, 0.1) is 11.3 Å². The van der Waals surface area contributed by atoms with Crippen LogP contribution in [0.3, 0.4) is 0 Å². The molecule has 0 saturated carbocycles. The monoisotopic (exact) mass is 178 g/mol. The van der Waals surface area contributed by atoms with Gasteiger partial charge in [-0.2, -0.15) is 5.26 Å². The highest BCUT2D eigenvalue weighted by molar-refractivity contribution is 7.98. The lowest BCUT2D eigenvalue weighted by molar-refractivity contribution is 0.907. The van der Waals surface area contributed by atoms with Crippen LogP contribution in [0.1, 0.15) is 18.4 Å². The molecular formula is C9H10N2S. The minimum Gasteiger partial charge on any atom is -0.250 e. The first-order chi connectivity index (χ1) is 5.79. The SMILES string of the molecule is CSc1ncccc1C(C)C#N. The summed E-state index contributed by atoms with van der Waals surface area (Å²) in [6.07, 6.45) is 3.72. The third kappa shape index (κ3) is 1.77. The summed E-state index contributed by atoms with van der Waals surface area (Å²) in [5, 5.41) is 9.67. The Kier molecular flexibility index (Phi) is 3.12. The van der Waals surface area contributed by atoms with E-state index in [0.29, 0.717) is 0 Å². The van der Waals surface area contributed by atoms with E-state index in [0.717, 1.165) is 10.6 Å². The summed E-state index contributed by atoms with van der Waals surface area (Å²) in [6, 6.07) is 6.02. The van der Waals surface area contributed by atoms with Crippen LogP contribution in [0.25, 0.3) is 0 Å². The zero-order valence-electron chi connectivity index (χ0n) is 7.11. The molecule has 0 N–H and O–H groups in total. The summed E-state index contributed by atoms with van der Waals surface area (Å²) < 4.78 is 0. The molecule has 62 valence electrons. The number of hydrogen-bond donors (Lipinski definition) is 0. The molecule has 0 aliphatic carbocycles. The van der Waals surface area contributed by atoms with E-state index in [2.05, 4.69) is 11.1 Å². The summed E-state index contributed by atoms with van der Waals surface area (Å²) in [5.41, 5.74) is 1.02. The Balaban J connectivity index is 3.06. The van der Waals surface area contributed by atoms with Gasteiger partial charge in [0.15, 0.2) is 0 Å². The van der Waals surface area contributed by atoms with Gasteiger partial charge >= 0.3 is 0 Å². The van der Waals surface area contributed by atoms with E-state index in [9.17, 15) is 0 Å². The van der Waals surface area contributed by atoms with Gasteiger partial charge in [-0.05, 0) is 19.2 Å². The molecule has 0 amide bonds. The van der Waals surface area contributed by atoms with Crippen molar-refractivity contribution in [1.29, 1.82) is 5.26 Å². The molecule has 0 aliphatic heterocycles. The largest absolute Gasteiger partial charge is 0.250 e. The van der Waals surface area contributed by atoms with Crippen molar-refractivity contribution in [2.75, 3.05) is 6.26 Å². The maximum atomic E-state index is 8.72. The van der Waals surface area contributed by atoms with Gasteiger partial charge in [-0.3, -0.25) is 0 Å². The molecule has 1 atom stereocenters. The van der Waals surface area contributed by atoms with E-state index in [1.165, 1.54) is 0 Å². The summed E-state index contributed by atoms with van der Waals surface area (Å²) in [6.45, 7) is 1.89. The molecule has 0 aromatic carbocycles. The van der Waals surface area contributed by atoms with E-state index >= 15 is 0 Å². The molecule has 0 spiro atoms. The van der Waals surface area contributed by atoms with Crippen molar-refractivity contribution >= 4 is 11.8 Å². The minimum atomic E-state index is -0.0684. The molecule has 3 heteroatoms. The van der Waals surface area contributed by atoms with Crippen LogP contribution in [0.5, 0.6) is 0 Å². The summed E-state index contributed by atoms with van der Waals surface area (Å²) in [4.78, 5) is 4.18. The Morgan fingerprint density at radius 3 is 3.00 bits per heavy atom. The number of hydrogen-bond acceptors (Lipinski definition) is 3. The first-order valence-electron chi connectivity index (χ1n) is 3.68. The van der Waals surface area contributed by atoms with Crippen molar-refractivity contribution in [3.63, 3.8) is 0 Å². The van der Waals surface area contributed by atoms with Gasteiger partial charge in [-0.1, -0.05) is 6.07 Å². The predicted molar refractivity (Wildman–Crippen MR) is 50.0 cm³/mol. The average molecular weight is 178 g/mol. The van der Waals surface area contributed by atoms with Crippen LogP contribution in [-0.4, -0.2) is 11.2 Å². The van der Waals surface area contributed by atoms with Crippen molar-refractivity contribution in [3.8, 4) is 6.07 Å². The molecule has 2 nitrogen and oxygen atoms in total. The Bertz CT molecular complexity index is 304. The second-order valence-corrected chi connectivity index (χ2v) is 3.25. The number of aromatic nitrogens is 1. The average Bonchev–Trinajstić information content (AvgIpc) is 2.16. The number of pyridine rings is 1. The molecule has 1 rings (SSSR count). The van der Waals surface area contributed by atoms with E-state index in [-0.39, 0.29) is 5.92 Å². The molecule has 1 aromatic heterocycles. The molecule has 1 heterocycles. The molecule has 0 fully saturated rings. The fraction of sp³-hybridized carbons (Fsp3) is 0.333. The molecule has 1 unspecified atom stereocenters. The minimum absolute atomic E-state index is 0.0684. The van der Waals surface area contributed by atoms with E-state index in [4.69, 9.17) is 5.26 Å². The van der Waals surface area contributed by atoms with Gasteiger partial charge in [0.2, 0.25) is 0 Å². The first kappa shape index (κ1) is 9.08. The first-order valence-corrected chi connectivity index (χ1v) is 4.90. The third-order valence-corrected chi connectivity index (χ3v) is 2.38. The van der Waals surface area contributed by atoms with Crippen LogP contribution in [0.15, 0.2) is 23.4 Å². The molecule has 0 radical (unpaired) electrons. The Morgan fingerprint density at radius 1 is 1.67 bits per heavy atom. The van der Waals surface area contributed by atoms with Gasteiger partial charge in [-0.25, -0.2) is 4.98 Å². The van der Waals surface area contributed by atoms with Gasteiger partial charge in [0.1, 0.15) is 5.03 Å². The van der Waals surface area contributed by atoms with E-state index < -0.39 is 0 Å². The van der Waals surface area contributed by atoms with Crippen LogP contribution >= 0.6 is 11.8 Å². The summed E-state index contributed by atoms with van der Waals surface area (Å²) >= 11 is 1.58. The summed E-state index contributed by atoms with van der Waals surface area (Å²) in [7, 11) is 0. The van der Waals surface area contributed by atoms with Crippen molar-refractivity contribution in [2.45, 2.75) is 17.9 Å². The van der Waals surface area contributed by atoms with Crippen molar-refractivity contribution in [1.82, 2.24) is 4.98 Å². The van der Waals surface area contributed by atoms with Gasteiger partial charge in [0.05, 0.1) is 12.0 Å². The summed E-state index contributed by atoms with van der Waals surface area (Å²) in [5.74, 6) is -0.0684. The highest BCUT2D eigenvalue weighted by Gasteiger charge is 2.08. The topological polar surface area (TPSA) is 36.7 Å². The van der Waals surface area contributed by atoms with Crippen molar-refractivity contribution in [2.24, 2.45) is 0 Å². The normalized spacial score (nSPS) is 12.1. The highest BCUT2D eigenvalue weighted by atomic mass is 32.2. The van der Waals surface area contributed by atoms with Gasteiger partial charge < -0.3 is 0 Å². The van der Waals surface area contributed by atoms with Crippen LogP contribution in [0.4, 0.5) is 0 Å². The predicted octanol–water partition coefficient (Wildman–Crippen LogP) is 2.43. The smallest absolute Gasteiger partial charge is 0.100 e. The third-order valence-electron chi connectivity index (χ3n) is 1.65. The Hall–Kier alpha value is -1.01. The quantitative estimate of drug-likeness (QED) is 0.653. The fourth-order valence-electron chi connectivity index (χ4n) is 0.973. The van der Waals surface area contributed by atoms with Gasteiger partial charge in [0.25, 0.3) is 0 Å². The van der Waals surface area contributed by atoms with Crippen LogP contribution in [-0.2, 0) is 0 Å². The van der Waals surface area contributed by atoms with Gasteiger partial charge in [0, 0.05) is 11.8 Å². The zero-order chi connectivity index (χ0) is 8.97. The molecule has 0 saturated heterocycles. The van der Waals surface area contributed by atoms with Crippen molar-refractivity contribution in [3.05, 3.63) is 23.9 Å². The van der Waals surface area contributed by atoms with Crippen molar-refractivity contribution < 1.29 is 0 Å².